The number of amides is 5. The smallest absolute Gasteiger partial charge is 0.264 e. The van der Waals surface area contributed by atoms with Gasteiger partial charge in [-0.25, -0.2) is 4.98 Å². The summed E-state index contributed by atoms with van der Waals surface area (Å²) in [7, 11) is 0. The third-order valence-electron chi connectivity index (χ3n) is 12.0. The number of anilines is 2. The number of aromatic nitrogens is 2. The number of morpholine rings is 1. The molecule has 15 nitrogen and oxygen atoms in total. The van der Waals surface area contributed by atoms with E-state index in [1.165, 1.54) is 18.5 Å². The molecule has 3 aliphatic heterocycles. The van der Waals surface area contributed by atoms with Gasteiger partial charge in [-0.1, -0.05) is 6.07 Å². The van der Waals surface area contributed by atoms with Crippen LogP contribution in [0.1, 0.15) is 118 Å². The van der Waals surface area contributed by atoms with Crippen LogP contribution in [0.3, 0.4) is 0 Å². The fourth-order valence-corrected chi connectivity index (χ4v) is 10.0. The minimum atomic E-state index is -1.24. The minimum absolute atomic E-state index is 0.0732. The van der Waals surface area contributed by atoms with E-state index in [2.05, 4.69) is 25.8 Å². The van der Waals surface area contributed by atoms with Gasteiger partial charge in [0.05, 0.1) is 55.8 Å². The summed E-state index contributed by atoms with van der Waals surface area (Å²) >= 11 is 1.63. The third-order valence-corrected chi connectivity index (χ3v) is 13.2. The van der Waals surface area contributed by atoms with Gasteiger partial charge in [-0.3, -0.25) is 44.1 Å². The molecule has 5 heterocycles. The molecule has 3 fully saturated rings. The predicted molar refractivity (Wildman–Crippen MR) is 223 cm³/mol. The van der Waals surface area contributed by atoms with Gasteiger partial charge < -0.3 is 20.5 Å². The van der Waals surface area contributed by atoms with E-state index in [1.807, 2.05) is 18.2 Å². The van der Waals surface area contributed by atoms with Crippen LogP contribution in [0.2, 0.25) is 0 Å². The Kier molecular flexibility index (Phi) is 11.8. The molecule has 0 bridgehead atoms. The zero-order valence-corrected chi connectivity index (χ0v) is 34.5. The number of nitriles is 1. The van der Waals surface area contributed by atoms with E-state index < -0.39 is 41.2 Å². The summed E-state index contributed by atoms with van der Waals surface area (Å²) in [6.07, 6.45) is 9.00. The van der Waals surface area contributed by atoms with Crippen molar-refractivity contribution in [1.82, 2.24) is 25.1 Å². The lowest BCUT2D eigenvalue weighted by Crippen LogP contribution is -2.54. The van der Waals surface area contributed by atoms with Crippen molar-refractivity contribution in [2.24, 2.45) is 5.92 Å². The molecule has 2 atom stereocenters. The summed E-state index contributed by atoms with van der Waals surface area (Å²) in [4.78, 5) is 76.5. The Hall–Kier alpha value is -5.60. The Morgan fingerprint density at radius 3 is 2.65 bits per heavy atom. The largest absolute Gasteiger partial charge is 0.386 e. The number of carbonyl (C=O) groups excluding carboxylic acids is 5. The van der Waals surface area contributed by atoms with Crippen LogP contribution in [0.25, 0.3) is 10.2 Å². The minimum Gasteiger partial charge on any atom is -0.386 e. The molecular formula is C44H48N8O7S. The first kappa shape index (κ1) is 41.1. The summed E-state index contributed by atoms with van der Waals surface area (Å²) in [6.45, 7) is 7.38. The summed E-state index contributed by atoms with van der Waals surface area (Å²) in [5, 5.41) is 29.9. The number of fused-ring (bicyclic) bond motifs is 2. The normalized spacial score (nSPS) is 22.4. The molecule has 1 saturated carbocycles. The Morgan fingerprint density at radius 1 is 1.07 bits per heavy atom. The number of thiazole rings is 1. The van der Waals surface area contributed by atoms with Gasteiger partial charge in [0.1, 0.15) is 12.1 Å². The maximum atomic E-state index is 13.4. The average Bonchev–Trinajstić information content (AvgIpc) is 3.76. The number of benzene rings is 2. The number of piperidine rings is 1. The molecule has 0 spiro atoms. The molecule has 2 aromatic heterocycles. The number of pyridine rings is 1. The molecule has 16 heteroatoms. The highest BCUT2D eigenvalue weighted by Gasteiger charge is 2.45. The molecule has 60 heavy (non-hydrogen) atoms. The van der Waals surface area contributed by atoms with E-state index >= 15 is 0 Å². The molecule has 2 aromatic carbocycles. The topological polar surface area (TPSA) is 207 Å². The monoisotopic (exact) mass is 832 g/mol. The lowest BCUT2D eigenvalue weighted by molar-refractivity contribution is -0.136. The SMILES string of the molecule is CC(C)(O)c1cc2nc(C3CCC(CN4CCO[C@@H](CCCNc5cccc6c5C(=O)N(C5CCC(=O)NC5=O)C6=O)C4)CC3)sc2cc1NC(=O)c1cncc(C#N)c1. The van der Waals surface area contributed by atoms with Crippen molar-refractivity contribution in [1.29, 1.82) is 5.26 Å². The molecule has 1 aliphatic carbocycles. The molecule has 4 aromatic rings. The molecule has 312 valence electrons. The average molecular weight is 833 g/mol. The number of aliphatic hydroxyl groups is 1. The van der Waals surface area contributed by atoms with Gasteiger partial charge >= 0.3 is 0 Å². The second kappa shape index (κ2) is 17.2. The molecule has 0 radical (unpaired) electrons. The number of hydrogen-bond acceptors (Lipinski definition) is 13. The van der Waals surface area contributed by atoms with Crippen LogP contribution in [-0.4, -0.2) is 99.3 Å². The maximum Gasteiger partial charge on any atom is 0.264 e. The molecular weight excluding hydrogens is 785 g/mol. The van der Waals surface area contributed by atoms with Crippen LogP contribution < -0.4 is 16.0 Å². The highest BCUT2D eigenvalue weighted by atomic mass is 32.1. The predicted octanol–water partition coefficient (Wildman–Crippen LogP) is 5.31. The summed E-state index contributed by atoms with van der Waals surface area (Å²) in [5.41, 5.74) is 2.23. The van der Waals surface area contributed by atoms with Crippen molar-refractivity contribution in [2.45, 2.75) is 88.9 Å². The van der Waals surface area contributed by atoms with Gasteiger partial charge in [-0.15, -0.1) is 11.3 Å². The van der Waals surface area contributed by atoms with Gasteiger partial charge in [0.25, 0.3) is 17.7 Å². The fraction of sp³-hybridized carbons (Fsp3) is 0.455. The standard InChI is InChI=1S/C44H48N8O7S/c1-44(2,58)31-18-34-36(19-33(31)48-39(54)28-17-26(20-45)21-46-22-28)60-41(49-34)27-10-8-25(9-11-27)23-51-15-16-59-29(24-51)5-4-14-47-32-7-3-6-30-38(32)43(57)52(42(30)56)35-12-13-37(53)50-40(35)55/h3,6-7,17-19,21-22,25,27,29,35,47,58H,4-5,8-16,23-24H2,1-2H3,(H,48,54)(H,50,53,55)/t25?,27?,29-,35?/m0/s1. The number of rotatable bonds is 12. The van der Waals surface area contributed by atoms with Crippen LogP contribution >= 0.6 is 11.3 Å². The van der Waals surface area contributed by atoms with Crippen molar-refractivity contribution in [2.75, 3.05) is 43.4 Å². The summed E-state index contributed by atoms with van der Waals surface area (Å²) in [6, 6.07) is 11.3. The maximum absolute atomic E-state index is 13.4. The quantitative estimate of drug-likeness (QED) is 0.106. The van der Waals surface area contributed by atoms with Crippen molar-refractivity contribution in [3.63, 3.8) is 0 Å². The van der Waals surface area contributed by atoms with E-state index in [4.69, 9.17) is 9.72 Å². The molecule has 8 rings (SSSR count). The molecule has 2 saturated heterocycles. The Bertz CT molecular complexity index is 2400. The van der Waals surface area contributed by atoms with Crippen LogP contribution in [0, 0.1) is 17.2 Å². The molecule has 4 aliphatic rings. The Labute approximate surface area is 351 Å². The van der Waals surface area contributed by atoms with E-state index in [-0.39, 0.29) is 41.2 Å². The van der Waals surface area contributed by atoms with Crippen LogP contribution in [0.4, 0.5) is 11.4 Å². The molecule has 5 amide bonds. The van der Waals surface area contributed by atoms with Gasteiger partial charge in [0.15, 0.2) is 0 Å². The second-order valence-electron chi connectivity index (χ2n) is 16.7. The van der Waals surface area contributed by atoms with Crippen molar-refractivity contribution >= 4 is 62.5 Å². The van der Waals surface area contributed by atoms with Crippen LogP contribution in [0.15, 0.2) is 48.8 Å². The molecule has 4 N–H and O–H groups in total. The zero-order chi connectivity index (χ0) is 42.1. The zero-order valence-electron chi connectivity index (χ0n) is 33.7. The van der Waals surface area contributed by atoms with Gasteiger partial charge in [0, 0.05) is 67.8 Å². The van der Waals surface area contributed by atoms with E-state index in [1.54, 1.807) is 43.4 Å². The summed E-state index contributed by atoms with van der Waals surface area (Å²) in [5.74, 6) is -1.57. The highest BCUT2D eigenvalue weighted by Crippen LogP contribution is 2.42. The fourth-order valence-electron chi connectivity index (χ4n) is 8.89. The third kappa shape index (κ3) is 8.66. The lowest BCUT2D eigenvalue weighted by Gasteiger charge is -2.37. The first-order valence-corrected chi connectivity index (χ1v) is 21.4. The number of nitrogens with one attached hydrogen (secondary N) is 3. The number of carbonyl (C=O) groups is 5. The van der Waals surface area contributed by atoms with Crippen molar-refractivity contribution in [3.05, 3.63) is 81.6 Å². The first-order chi connectivity index (χ1) is 28.9. The second-order valence-corrected chi connectivity index (χ2v) is 17.8. The highest BCUT2D eigenvalue weighted by molar-refractivity contribution is 7.18. The van der Waals surface area contributed by atoms with Crippen molar-refractivity contribution < 1.29 is 33.8 Å². The Morgan fingerprint density at radius 2 is 1.88 bits per heavy atom. The lowest BCUT2D eigenvalue weighted by atomic mass is 9.82. The Balaban J connectivity index is 0.818. The van der Waals surface area contributed by atoms with Gasteiger partial charge in [-0.2, -0.15) is 5.26 Å². The summed E-state index contributed by atoms with van der Waals surface area (Å²) < 4.78 is 7.08. The number of hydrogen-bond donors (Lipinski definition) is 4. The molecule has 1 unspecified atom stereocenters. The van der Waals surface area contributed by atoms with E-state index in [0.29, 0.717) is 41.9 Å². The number of imide groups is 2. The number of ether oxygens (including phenoxy) is 1. The van der Waals surface area contributed by atoms with Crippen LogP contribution in [-0.2, 0) is 19.9 Å². The van der Waals surface area contributed by atoms with Crippen LogP contribution in [0.5, 0.6) is 0 Å². The van der Waals surface area contributed by atoms with E-state index in [9.17, 15) is 34.3 Å². The first-order valence-electron chi connectivity index (χ1n) is 20.6. The van der Waals surface area contributed by atoms with Gasteiger partial charge in [0.2, 0.25) is 11.8 Å². The van der Waals surface area contributed by atoms with Gasteiger partial charge in [-0.05, 0) is 95.0 Å². The van der Waals surface area contributed by atoms with Crippen molar-refractivity contribution in [3.8, 4) is 6.07 Å². The van der Waals surface area contributed by atoms with E-state index in [0.717, 1.165) is 78.3 Å². The number of nitrogens with zero attached hydrogens (tertiary/aromatic N) is 5.